The van der Waals surface area contributed by atoms with Crippen molar-refractivity contribution < 1.29 is 23.6 Å². The fraction of sp³-hybridized carbons (Fsp3) is 0.333. The molecule has 11 heteroatoms. The number of rotatable bonds is 7. The van der Waals surface area contributed by atoms with Crippen LogP contribution in [-0.2, 0) is 9.59 Å². The Kier molecular flexibility index (Phi) is 7.55. The van der Waals surface area contributed by atoms with Gasteiger partial charge in [-0.2, -0.15) is 4.39 Å². The molecule has 2 N–H and O–H groups in total. The topological polar surface area (TPSA) is 117 Å². The van der Waals surface area contributed by atoms with Crippen LogP contribution in [0.4, 0.5) is 21.5 Å². The summed E-state index contributed by atoms with van der Waals surface area (Å²) in [5.41, 5.74) is 0.224. The molecule has 2 aromatic carbocycles. The number of nitro benzene ring substituents is 1. The van der Waals surface area contributed by atoms with Crippen LogP contribution >= 0.6 is 0 Å². The van der Waals surface area contributed by atoms with Crippen LogP contribution in [0.1, 0.15) is 0 Å². The molecule has 1 heterocycles. The lowest BCUT2D eigenvalue weighted by molar-refractivity contribution is -0.387. The molecule has 0 atom stereocenters. The largest absolute Gasteiger partial charge is 0.495 e. The van der Waals surface area contributed by atoms with E-state index in [9.17, 15) is 24.1 Å². The fourth-order valence-electron chi connectivity index (χ4n) is 3.43. The molecule has 1 saturated heterocycles. The van der Waals surface area contributed by atoms with Crippen LogP contribution in [0.2, 0.25) is 0 Å². The van der Waals surface area contributed by atoms with E-state index in [2.05, 4.69) is 20.4 Å². The third-order valence-corrected chi connectivity index (χ3v) is 5.12. The van der Waals surface area contributed by atoms with Crippen molar-refractivity contribution in [1.29, 1.82) is 0 Å². The molecule has 0 saturated carbocycles. The maximum Gasteiger partial charge on any atom is 0.313 e. The molecule has 0 radical (unpaired) electrons. The predicted molar refractivity (Wildman–Crippen MR) is 116 cm³/mol. The zero-order valence-corrected chi connectivity index (χ0v) is 17.5. The molecule has 0 bridgehead atoms. The van der Waals surface area contributed by atoms with Gasteiger partial charge in [0.05, 0.1) is 17.7 Å². The number of nitrogens with one attached hydrogen (secondary N) is 2. The molecule has 170 valence electrons. The van der Waals surface area contributed by atoms with Gasteiger partial charge in [0.1, 0.15) is 5.75 Å². The normalized spacial score (nSPS) is 14.0. The van der Waals surface area contributed by atoms with Crippen molar-refractivity contribution in [2.75, 3.05) is 56.6 Å². The summed E-state index contributed by atoms with van der Waals surface area (Å²) in [5.74, 6) is -2.05. The van der Waals surface area contributed by atoms with Crippen molar-refractivity contribution in [1.82, 2.24) is 10.2 Å². The van der Waals surface area contributed by atoms with E-state index in [0.29, 0.717) is 6.54 Å². The predicted octanol–water partition coefficient (Wildman–Crippen LogP) is 1.62. The molecular weight excluding hydrogens is 421 g/mol. The number of carbonyl (C=O) groups excluding carboxylic acids is 2. The van der Waals surface area contributed by atoms with E-state index in [-0.39, 0.29) is 12.2 Å². The van der Waals surface area contributed by atoms with Gasteiger partial charge in [0.15, 0.2) is 0 Å². The lowest BCUT2D eigenvalue weighted by atomic mass is 10.2. The number of benzene rings is 2. The second kappa shape index (κ2) is 10.5. The molecule has 2 aromatic rings. The van der Waals surface area contributed by atoms with E-state index in [1.807, 2.05) is 24.3 Å². The standard InChI is InChI=1S/C21H24FN5O5/c1-32-19-5-3-2-4-17(19)26-12-10-25(11-13-26)9-8-23-20(28)21(29)24-15-6-7-16(22)18(14-15)27(30)31/h2-7,14H,8-13H2,1H3,(H,23,28)(H,24,29). The van der Waals surface area contributed by atoms with E-state index in [4.69, 9.17) is 4.74 Å². The van der Waals surface area contributed by atoms with Crippen LogP contribution in [0.5, 0.6) is 5.75 Å². The minimum Gasteiger partial charge on any atom is -0.495 e. The number of amides is 2. The number of hydrogen-bond acceptors (Lipinski definition) is 7. The monoisotopic (exact) mass is 445 g/mol. The zero-order valence-electron chi connectivity index (χ0n) is 17.5. The Hall–Kier alpha value is -3.73. The summed E-state index contributed by atoms with van der Waals surface area (Å²) >= 11 is 0. The highest BCUT2D eigenvalue weighted by Crippen LogP contribution is 2.28. The Morgan fingerprint density at radius 1 is 1.12 bits per heavy atom. The van der Waals surface area contributed by atoms with E-state index >= 15 is 0 Å². The lowest BCUT2D eigenvalue weighted by Crippen LogP contribution is -2.49. The number of nitro groups is 1. The Labute approximate surface area is 184 Å². The molecular formula is C21H24FN5O5. The van der Waals surface area contributed by atoms with Gasteiger partial charge < -0.3 is 20.3 Å². The average Bonchev–Trinajstić information content (AvgIpc) is 2.80. The van der Waals surface area contributed by atoms with Gasteiger partial charge in [-0.3, -0.25) is 24.6 Å². The number of halogens is 1. The third kappa shape index (κ3) is 5.70. The summed E-state index contributed by atoms with van der Waals surface area (Å²) < 4.78 is 18.8. The second-order valence-corrected chi connectivity index (χ2v) is 7.13. The van der Waals surface area contributed by atoms with Crippen molar-refractivity contribution in [3.63, 3.8) is 0 Å². The number of hydrogen-bond donors (Lipinski definition) is 2. The van der Waals surface area contributed by atoms with E-state index in [1.54, 1.807) is 7.11 Å². The number of methoxy groups -OCH3 is 1. The fourth-order valence-corrected chi connectivity index (χ4v) is 3.43. The maximum absolute atomic E-state index is 13.4. The third-order valence-electron chi connectivity index (χ3n) is 5.12. The van der Waals surface area contributed by atoms with Gasteiger partial charge >= 0.3 is 17.5 Å². The summed E-state index contributed by atoms with van der Waals surface area (Å²) in [4.78, 5) is 38.3. The van der Waals surface area contributed by atoms with Gasteiger partial charge in [0.2, 0.25) is 5.82 Å². The first-order chi connectivity index (χ1) is 15.4. The van der Waals surface area contributed by atoms with Crippen LogP contribution in [-0.4, -0.2) is 68.0 Å². The van der Waals surface area contributed by atoms with E-state index < -0.39 is 28.2 Å². The van der Waals surface area contributed by atoms with Crippen molar-refractivity contribution in [3.8, 4) is 5.75 Å². The first-order valence-corrected chi connectivity index (χ1v) is 10.0. The Bertz CT molecular complexity index is 994. The first kappa shape index (κ1) is 22.9. The summed E-state index contributed by atoms with van der Waals surface area (Å²) in [6.07, 6.45) is 0. The van der Waals surface area contributed by atoms with Gasteiger partial charge in [-0.1, -0.05) is 12.1 Å². The summed E-state index contributed by atoms with van der Waals surface area (Å²) in [7, 11) is 1.64. The highest BCUT2D eigenvalue weighted by Gasteiger charge is 2.21. The molecule has 0 unspecified atom stereocenters. The molecule has 3 rings (SSSR count). The smallest absolute Gasteiger partial charge is 0.313 e. The average molecular weight is 445 g/mol. The minimum atomic E-state index is -1.02. The van der Waals surface area contributed by atoms with Crippen LogP contribution in [0.25, 0.3) is 0 Å². The highest BCUT2D eigenvalue weighted by molar-refractivity contribution is 6.39. The summed E-state index contributed by atoms with van der Waals surface area (Å²) in [6, 6.07) is 10.7. The number of carbonyl (C=O) groups is 2. The Balaban J connectivity index is 1.42. The zero-order chi connectivity index (χ0) is 23.1. The molecule has 0 aliphatic carbocycles. The van der Waals surface area contributed by atoms with E-state index in [0.717, 1.165) is 55.8 Å². The Morgan fingerprint density at radius 3 is 2.53 bits per heavy atom. The molecule has 0 spiro atoms. The molecule has 32 heavy (non-hydrogen) atoms. The van der Waals surface area contributed by atoms with Crippen LogP contribution < -0.4 is 20.3 Å². The molecule has 1 aliphatic heterocycles. The van der Waals surface area contributed by atoms with Crippen molar-refractivity contribution in [3.05, 3.63) is 58.4 Å². The van der Waals surface area contributed by atoms with Crippen molar-refractivity contribution in [2.24, 2.45) is 0 Å². The molecule has 1 fully saturated rings. The first-order valence-electron chi connectivity index (χ1n) is 10.0. The van der Waals surface area contributed by atoms with Gasteiger partial charge in [-0.25, -0.2) is 0 Å². The molecule has 0 aromatic heterocycles. The van der Waals surface area contributed by atoms with Gasteiger partial charge in [0, 0.05) is 51.0 Å². The molecule has 10 nitrogen and oxygen atoms in total. The summed E-state index contributed by atoms with van der Waals surface area (Å²) in [6.45, 7) is 4.03. The number of para-hydroxylation sites is 2. The SMILES string of the molecule is COc1ccccc1N1CCN(CCNC(=O)C(=O)Nc2ccc(F)c([N+](=O)[O-])c2)CC1. The van der Waals surface area contributed by atoms with Gasteiger partial charge in [0.25, 0.3) is 0 Å². The quantitative estimate of drug-likeness (QED) is 0.378. The van der Waals surface area contributed by atoms with E-state index in [1.165, 1.54) is 0 Å². The molecule has 2 amide bonds. The van der Waals surface area contributed by atoms with Gasteiger partial charge in [-0.15, -0.1) is 0 Å². The van der Waals surface area contributed by atoms with Crippen LogP contribution in [0.15, 0.2) is 42.5 Å². The van der Waals surface area contributed by atoms with Crippen LogP contribution in [0, 0.1) is 15.9 Å². The van der Waals surface area contributed by atoms with Crippen molar-refractivity contribution >= 4 is 28.9 Å². The van der Waals surface area contributed by atoms with Gasteiger partial charge in [-0.05, 0) is 24.3 Å². The number of anilines is 2. The second-order valence-electron chi connectivity index (χ2n) is 7.13. The van der Waals surface area contributed by atoms with Crippen molar-refractivity contribution in [2.45, 2.75) is 0 Å². The highest BCUT2D eigenvalue weighted by atomic mass is 19.1. The van der Waals surface area contributed by atoms with Crippen LogP contribution in [0.3, 0.4) is 0 Å². The lowest BCUT2D eigenvalue weighted by Gasteiger charge is -2.36. The summed E-state index contributed by atoms with van der Waals surface area (Å²) in [5, 5.41) is 15.5. The Morgan fingerprint density at radius 2 is 1.84 bits per heavy atom. The number of nitrogens with zero attached hydrogens (tertiary/aromatic N) is 3. The minimum absolute atomic E-state index is 0.0364. The molecule has 1 aliphatic rings. The number of ether oxygens (including phenoxy) is 1. The number of piperazine rings is 1. The maximum atomic E-state index is 13.4.